The number of hydrogen-bond acceptors (Lipinski definition) is 4. The number of hydrogen-bond donors (Lipinski definition) is 1. The van der Waals surface area contributed by atoms with Crippen LogP contribution < -0.4 is 0 Å². The molecule has 6 nitrogen and oxygen atoms in total. The van der Waals surface area contributed by atoms with Crippen LogP contribution in [0.15, 0.2) is 10.6 Å². The minimum Gasteiger partial charge on any atom is -0.481 e. The third-order valence-corrected chi connectivity index (χ3v) is 2.44. The van der Waals surface area contributed by atoms with Crippen LogP contribution >= 0.6 is 0 Å². The third-order valence-electron chi connectivity index (χ3n) is 2.44. The normalized spacial score (nSPS) is 11.3. The Kier molecular flexibility index (Phi) is 4.11. The fourth-order valence-corrected chi connectivity index (χ4v) is 1.55. The molecule has 0 aliphatic rings. The Hall–Kier alpha value is -1.85. The molecule has 0 radical (unpaired) electrons. The van der Waals surface area contributed by atoms with Crippen LogP contribution in [0.5, 0.6) is 0 Å². The number of nitrogens with zero attached hydrogens (tertiary/aromatic N) is 2. The summed E-state index contributed by atoms with van der Waals surface area (Å²) in [4.78, 5) is 24.3. The Morgan fingerprint density at radius 3 is 2.44 bits per heavy atom. The van der Waals surface area contributed by atoms with Gasteiger partial charge in [0.1, 0.15) is 0 Å². The molecule has 1 amide bonds. The first kappa shape index (κ1) is 14.2. The lowest BCUT2D eigenvalue weighted by Gasteiger charge is -2.34. The Bertz CT molecular complexity index is 445. The zero-order valence-corrected chi connectivity index (χ0v) is 11.1. The first-order valence-corrected chi connectivity index (χ1v) is 5.69. The van der Waals surface area contributed by atoms with E-state index in [2.05, 4.69) is 5.16 Å². The molecule has 0 bridgehead atoms. The van der Waals surface area contributed by atoms with Crippen molar-refractivity contribution in [2.75, 3.05) is 6.54 Å². The average molecular weight is 254 g/mol. The molecule has 18 heavy (non-hydrogen) atoms. The Morgan fingerprint density at radius 1 is 1.44 bits per heavy atom. The standard InChI is InChI=1S/C12H18N2O4/c1-8-7-9(18-13-8)11(17)14(12(2,3)4)6-5-10(15)16/h7H,5-6H2,1-4H3,(H,15,16). The van der Waals surface area contributed by atoms with Gasteiger partial charge in [0.25, 0.3) is 5.91 Å². The van der Waals surface area contributed by atoms with Gasteiger partial charge in [-0.25, -0.2) is 0 Å². The lowest BCUT2D eigenvalue weighted by atomic mass is 10.0. The number of aliphatic carboxylic acids is 1. The van der Waals surface area contributed by atoms with E-state index in [0.29, 0.717) is 5.69 Å². The largest absolute Gasteiger partial charge is 0.481 e. The van der Waals surface area contributed by atoms with Crippen molar-refractivity contribution in [2.45, 2.75) is 39.7 Å². The van der Waals surface area contributed by atoms with Crippen LogP contribution in [0, 0.1) is 6.92 Å². The van der Waals surface area contributed by atoms with E-state index in [-0.39, 0.29) is 24.6 Å². The molecule has 1 aromatic rings. The summed E-state index contributed by atoms with van der Waals surface area (Å²) in [7, 11) is 0. The van der Waals surface area contributed by atoms with Crippen molar-refractivity contribution < 1.29 is 19.2 Å². The van der Waals surface area contributed by atoms with Crippen LogP contribution in [0.3, 0.4) is 0 Å². The maximum absolute atomic E-state index is 12.2. The lowest BCUT2D eigenvalue weighted by Crippen LogP contribution is -2.46. The Morgan fingerprint density at radius 2 is 2.06 bits per heavy atom. The molecule has 1 heterocycles. The second-order valence-corrected chi connectivity index (χ2v) is 5.10. The molecule has 6 heteroatoms. The van der Waals surface area contributed by atoms with E-state index >= 15 is 0 Å². The highest BCUT2D eigenvalue weighted by molar-refractivity contribution is 5.92. The van der Waals surface area contributed by atoms with E-state index in [1.54, 1.807) is 13.0 Å². The molecule has 100 valence electrons. The van der Waals surface area contributed by atoms with Crippen LogP contribution in [-0.4, -0.2) is 39.1 Å². The minimum atomic E-state index is -0.939. The summed E-state index contributed by atoms with van der Waals surface area (Å²) in [5.41, 5.74) is 0.137. The van der Waals surface area contributed by atoms with Crippen molar-refractivity contribution in [1.29, 1.82) is 0 Å². The van der Waals surface area contributed by atoms with E-state index in [0.717, 1.165) is 0 Å². The highest BCUT2D eigenvalue weighted by Crippen LogP contribution is 2.18. The van der Waals surface area contributed by atoms with Gasteiger partial charge in [0.05, 0.1) is 12.1 Å². The van der Waals surface area contributed by atoms with E-state index in [1.807, 2.05) is 20.8 Å². The first-order valence-electron chi connectivity index (χ1n) is 5.69. The van der Waals surface area contributed by atoms with Gasteiger partial charge in [-0.3, -0.25) is 9.59 Å². The number of rotatable bonds is 4. The summed E-state index contributed by atoms with van der Waals surface area (Å²) in [6.45, 7) is 7.39. The smallest absolute Gasteiger partial charge is 0.305 e. The molecule has 0 atom stereocenters. The second kappa shape index (κ2) is 5.20. The van der Waals surface area contributed by atoms with Crippen molar-refractivity contribution in [2.24, 2.45) is 0 Å². The molecule has 0 saturated heterocycles. The number of carboxylic acid groups (broad SMARTS) is 1. The molecule has 0 unspecified atom stereocenters. The van der Waals surface area contributed by atoms with Crippen molar-refractivity contribution >= 4 is 11.9 Å². The fraction of sp³-hybridized carbons (Fsp3) is 0.583. The van der Waals surface area contributed by atoms with E-state index in [9.17, 15) is 9.59 Å². The maximum Gasteiger partial charge on any atom is 0.305 e. The van der Waals surface area contributed by atoms with Crippen LogP contribution in [0.4, 0.5) is 0 Å². The summed E-state index contributed by atoms with van der Waals surface area (Å²) in [5, 5.41) is 12.4. The predicted octanol–water partition coefficient (Wildman–Crippen LogP) is 1.70. The second-order valence-electron chi connectivity index (χ2n) is 5.10. The molecule has 1 rings (SSSR count). The summed E-state index contributed by atoms with van der Waals surface area (Å²) >= 11 is 0. The number of carbonyl (C=O) groups is 2. The van der Waals surface area contributed by atoms with Crippen LogP contribution in [0.2, 0.25) is 0 Å². The van der Waals surface area contributed by atoms with Gasteiger partial charge in [-0.2, -0.15) is 0 Å². The van der Waals surface area contributed by atoms with Crippen molar-refractivity contribution in [3.05, 3.63) is 17.5 Å². The summed E-state index contributed by atoms with van der Waals surface area (Å²) in [6, 6.07) is 1.54. The van der Waals surface area contributed by atoms with Gasteiger partial charge in [-0.05, 0) is 27.7 Å². The van der Waals surface area contributed by atoms with E-state index in [4.69, 9.17) is 9.63 Å². The van der Waals surface area contributed by atoms with Gasteiger partial charge in [0.15, 0.2) is 0 Å². The van der Waals surface area contributed by atoms with Gasteiger partial charge in [-0.1, -0.05) is 5.16 Å². The van der Waals surface area contributed by atoms with Crippen molar-refractivity contribution in [1.82, 2.24) is 10.1 Å². The molecular weight excluding hydrogens is 236 g/mol. The third kappa shape index (κ3) is 3.58. The monoisotopic (exact) mass is 254 g/mol. The van der Waals surface area contributed by atoms with Crippen molar-refractivity contribution in [3.8, 4) is 0 Å². The highest BCUT2D eigenvalue weighted by atomic mass is 16.5. The summed E-state index contributed by atoms with van der Waals surface area (Å²) in [6.07, 6.45) is -0.101. The fourth-order valence-electron chi connectivity index (χ4n) is 1.55. The molecule has 0 saturated carbocycles. The molecule has 0 aromatic carbocycles. The van der Waals surface area contributed by atoms with Gasteiger partial charge < -0.3 is 14.5 Å². The molecule has 1 N–H and O–H groups in total. The average Bonchev–Trinajstić information content (AvgIpc) is 2.62. The topological polar surface area (TPSA) is 83.6 Å². The zero-order chi connectivity index (χ0) is 13.9. The quantitative estimate of drug-likeness (QED) is 0.884. The number of carbonyl (C=O) groups excluding carboxylic acids is 1. The molecule has 1 aromatic heterocycles. The van der Waals surface area contributed by atoms with E-state index in [1.165, 1.54) is 4.90 Å². The number of aryl methyl sites for hydroxylation is 1. The number of amides is 1. The van der Waals surface area contributed by atoms with Gasteiger partial charge in [-0.15, -0.1) is 0 Å². The molecule has 0 spiro atoms. The van der Waals surface area contributed by atoms with E-state index < -0.39 is 11.5 Å². The minimum absolute atomic E-state index is 0.101. The molecule has 0 aliphatic heterocycles. The Balaban J connectivity index is 2.89. The van der Waals surface area contributed by atoms with Gasteiger partial charge in [0.2, 0.25) is 5.76 Å². The van der Waals surface area contributed by atoms with Gasteiger partial charge in [0, 0.05) is 18.2 Å². The lowest BCUT2D eigenvalue weighted by molar-refractivity contribution is -0.137. The molecular formula is C12H18N2O4. The first-order chi connectivity index (χ1) is 8.21. The van der Waals surface area contributed by atoms with Crippen LogP contribution in [0.1, 0.15) is 43.4 Å². The van der Waals surface area contributed by atoms with Gasteiger partial charge >= 0.3 is 5.97 Å². The summed E-state index contributed by atoms with van der Waals surface area (Å²) < 4.78 is 4.92. The molecule has 0 aliphatic carbocycles. The summed E-state index contributed by atoms with van der Waals surface area (Å²) in [5.74, 6) is -1.15. The predicted molar refractivity (Wildman–Crippen MR) is 64.3 cm³/mol. The maximum atomic E-state index is 12.2. The Labute approximate surface area is 106 Å². The highest BCUT2D eigenvalue weighted by Gasteiger charge is 2.29. The van der Waals surface area contributed by atoms with Crippen LogP contribution in [-0.2, 0) is 4.79 Å². The zero-order valence-electron chi connectivity index (χ0n) is 11.1. The van der Waals surface area contributed by atoms with Crippen LogP contribution in [0.25, 0.3) is 0 Å². The van der Waals surface area contributed by atoms with Crippen molar-refractivity contribution in [3.63, 3.8) is 0 Å². The molecule has 0 fully saturated rings. The number of carboxylic acids is 1. The SMILES string of the molecule is Cc1cc(C(=O)N(CCC(=O)O)C(C)(C)C)on1. The number of aromatic nitrogens is 1.